The smallest absolute Gasteiger partial charge is 0.191 e. The molecule has 0 aliphatic carbocycles. The summed E-state index contributed by atoms with van der Waals surface area (Å²) in [7, 11) is 5.86. The van der Waals surface area contributed by atoms with Crippen LogP contribution in [0.25, 0.3) is 0 Å². The van der Waals surface area contributed by atoms with Gasteiger partial charge in [0.05, 0.1) is 6.61 Å². The number of nitrogens with one attached hydrogen (secondary N) is 2. The van der Waals surface area contributed by atoms with Gasteiger partial charge < -0.3 is 25.2 Å². The van der Waals surface area contributed by atoms with Crippen molar-refractivity contribution >= 4 is 29.9 Å². The van der Waals surface area contributed by atoms with Crippen LogP contribution >= 0.6 is 24.0 Å². The number of rotatable bonds is 6. The Kier molecular flexibility index (Phi) is 11.2. The predicted molar refractivity (Wildman–Crippen MR) is 111 cm³/mol. The molecule has 6 nitrogen and oxygen atoms in total. The van der Waals surface area contributed by atoms with Gasteiger partial charge in [-0.15, -0.1) is 24.0 Å². The lowest BCUT2D eigenvalue weighted by Crippen LogP contribution is -2.50. The topological polar surface area (TPSA) is 52.1 Å². The van der Waals surface area contributed by atoms with Gasteiger partial charge in [0, 0.05) is 52.9 Å². The van der Waals surface area contributed by atoms with Crippen molar-refractivity contribution in [2.75, 3.05) is 67.1 Å². The van der Waals surface area contributed by atoms with E-state index in [-0.39, 0.29) is 24.0 Å². The Morgan fingerprint density at radius 2 is 1.96 bits per heavy atom. The Bertz CT molecular complexity index is 361. The first kappa shape index (κ1) is 21.9. The standard InChI is InChI=1S/C17H35N5O.HI/c1-18-17(19-13-15-5-4-8-21(2)14-15)20-16-6-9-22(10-7-16)11-12-23-3;/h15-16H,4-14H2,1-3H3,(H2,18,19,20);1H. The van der Waals surface area contributed by atoms with Crippen LogP contribution in [0, 0.1) is 5.92 Å². The van der Waals surface area contributed by atoms with E-state index in [4.69, 9.17) is 4.74 Å². The van der Waals surface area contributed by atoms with E-state index < -0.39 is 0 Å². The molecule has 0 saturated carbocycles. The first-order valence-corrected chi connectivity index (χ1v) is 9.08. The Hall–Kier alpha value is -0.120. The van der Waals surface area contributed by atoms with E-state index in [1.54, 1.807) is 7.11 Å². The molecule has 0 aromatic rings. The third-order valence-electron chi connectivity index (χ3n) is 5.04. The zero-order valence-corrected chi connectivity index (χ0v) is 17.9. The molecule has 0 aromatic heterocycles. The van der Waals surface area contributed by atoms with Gasteiger partial charge >= 0.3 is 0 Å². The second kappa shape index (κ2) is 12.3. The van der Waals surface area contributed by atoms with Gasteiger partial charge in [-0.2, -0.15) is 0 Å². The SMILES string of the molecule is CN=C(NCC1CCCN(C)C1)NC1CCN(CCOC)CC1.I. The van der Waals surface area contributed by atoms with Gasteiger partial charge in [-0.1, -0.05) is 0 Å². The van der Waals surface area contributed by atoms with E-state index in [0.29, 0.717) is 6.04 Å². The number of ether oxygens (including phenoxy) is 1. The van der Waals surface area contributed by atoms with Crippen LogP contribution in [0.4, 0.5) is 0 Å². The molecule has 142 valence electrons. The zero-order chi connectivity index (χ0) is 16.5. The zero-order valence-electron chi connectivity index (χ0n) is 15.6. The summed E-state index contributed by atoms with van der Waals surface area (Å²) in [5.41, 5.74) is 0. The molecule has 2 aliphatic heterocycles. The van der Waals surface area contributed by atoms with E-state index >= 15 is 0 Å². The summed E-state index contributed by atoms with van der Waals surface area (Å²) in [5.74, 6) is 1.71. The Balaban J connectivity index is 0.00000288. The van der Waals surface area contributed by atoms with E-state index in [1.165, 1.54) is 38.8 Å². The molecule has 2 rings (SSSR count). The summed E-state index contributed by atoms with van der Waals surface area (Å²) in [5, 5.41) is 7.13. The van der Waals surface area contributed by atoms with Crippen LogP contribution in [0.3, 0.4) is 0 Å². The molecule has 0 bridgehead atoms. The summed E-state index contributed by atoms with van der Waals surface area (Å²) < 4.78 is 5.16. The third kappa shape index (κ3) is 7.84. The van der Waals surface area contributed by atoms with Crippen LogP contribution in [-0.2, 0) is 4.74 Å². The molecule has 7 heteroatoms. The molecular formula is C17H36IN5O. The molecule has 2 saturated heterocycles. The molecule has 0 aromatic carbocycles. The fourth-order valence-electron chi connectivity index (χ4n) is 3.59. The minimum Gasteiger partial charge on any atom is -0.383 e. The molecule has 2 aliphatic rings. The van der Waals surface area contributed by atoms with Gasteiger partial charge in [0.15, 0.2) is 5.96 Å². The second-order valence-corrected chi connectivity index (χ2v) is 6.98. The second-order valence-electron chi connectivity index (χ2n) is 6.98. The van der Waals surface area contributed by atoms with Crippen molar-refractivity contribution in [3.63, 3.8) is 0 Å². The lowest BCUT2D eigenvalue weighted by atomic mass is 9.98. The van der Waals surface area contributed by atoms with Gasteiger partial charge in [-0.05, 0) is 45.2 Å². The fourth-order valence-corrected chi connectivity index (χ4v) is 3.59. The van der Waals surface area contributed by atoms with Crippen LogP contribution in [0.1, 0.15) is 25.7 Å². The maximum atomic E-state index is 5.16. The van der Waals surface area contributed by atoms with Crippen molar-refractivity contribution < 1.29 is 4.74 Å². The normalized spacial score (nSPS) is 24.5. The van der Waals surface area contributed by atoms with Crippen LogP contribution in [0.15, 0.2) is 4.99 Å². The van der Waals surface area contributed by atoms with E-state index in [0.717, 1.165) is 44.7 Å². The van der Waals surface area contributed by atoms with Crippen molar-refractivity contribution in [2.24, 2.45) is 10.9 Å². The highest BCUT2D eigenvalue weighted by Gasteiger charge is 2.21. The largest absolute Gasteiger partial charge is 0.383 e. The Morgan fingerprint density at radius 3 is 2.58 bits per heavy atom. The predicted octanol–water partition coefficient (Wildman–Crippen LogP) is 1.22. The number of hydrogen-bond acceptors (Lipinski definition) is 4. The van der Waals surface area contributed by atoms with Gasteiger partial charge in [0.1, 0.15) is 0 Å². The van der Waals surface area contributed by atoms with E-state index in [2.05, 4.69) is 32.5 Å². The van der Waals surface area contributed by atoms with Gasteiger partial charge in [-0.25, -0.2) is 0 Å². The number of nitrogens with zero attached hydrogens (tertiary/aromatic N) is 3. The van der Waals surface area contributed by atoms with Gasteiger partial charge in [0.25, 0.3) is 0 Å². The summed E-state index contributed by atoms with van der Waals surface area (Å²) >= 11 is 0. The molecule has 24 heavy (non-hydrogen) atoms. The molecule has 2 fully saturated rings. The van der Waals surface area contributed by atoms with Crippen molar-refractivity contribution in [1.82, 2.24) is 20.4 Å². The minimum atomic E-state index is 0. The number of hydrogen-bond donors (Lipinski definition) is 2. The Morgan fingerprint density at radius 1 is 1.21 bits per heavy atom. The average Bonchev–Trinajstić information content (AvgIpc) is 2.58. The molecule has 0 amide bonds. The molecule has 2 heterocycles. The summed E-state index contributed by atoms with van der Waals surface area (Å²) in [4.78, 5) is 9.32. The number of methoxy groups -OCH3 is 1. The first-order chi connectivity index (χ1) is 11.2. The Labute approximate surface area is 164 Å². The lowest BCUT2D eigenvalue weighted by molar-refractivity contribution is 0.128. The van der Waals surface area contributed by atoms with Crippen molar-refractivity contribution in [1.29, 1.82) is 0 Å². The van der Waals surface area contributed by atoms with E-state index in [9.17, 15) is 0 Å². The summed E-state index contributed by atoms with van der Waals surface area (Å²) in [6, 6.07) is 0.536. The van der Waals surface area contributed by atoms with Crippen LogP contribution < -0.4 is 10.6 Å². The molecule has 0 spiro atoms. The van der Waals surface area contributed by atoms with Crippen molar-refractivity contribution in [3.05, 3.63) is 0 Å². The molecule has 1 atom stereocenters. The number of piperidine rings is 2. The molecule has 0 radical (unpaired) electrons. The third-order valence-corrected chi connectivity index (χ3v) is 5.04. The minimum absolute atomic E-state index is 0. The van der Waals surface area contributed by atoms with Gasteiger partial charge in [0.2, 0.25) is 0 Å². The van der Waals surface area contributed by atoms with Crippen LogP contribution in [0.5, 0.6) is 0 Å². The fraction of sp³-hybridized carbons (Fsp3) is 0.941. The van der Waals surface area contributed by atoms with Crippen molar-refractivity contribution in [2.45, 2.75) is 31.7 Å². The maximum Gasteiger partial charge on any atom is 0.191 e. The maximum absolute atomic E-state index is 5.16. The molecule has 1 unspecified atom stereocenters. The quantitative estimate of drug-likeness (QED) is 0.360. The van der Waals surface area contributed by atoms with Crippen LogP contribution in [0.2, 0.25) is 0 Å². The number of likely N-dealkylation sites (tertiary alicyclic amines) is 2. The van der Waals surface area contributed by atoms with E-state index in [1.807, 2.05) is 7.05 Å². The van der Waals surface area contributed by atoms with Crippen LogP contribution in [-0.4, -0.2) is 88.9 Å². The highest BCUT2D eigenvalue weighted by molar-refractivity contribution is 14.0. The number of aliphatic imine (C=N–C) groups is 1. The average molecular weight is 453 g/mol. The lowest BCUT2D eigenvalue weighted by Gasteiger charge is -2.33. The van der Waals surface area contributed by atoms with Crippen molar-refractivity contribution in [3.8, 4) is 0 Å². The molecular weight excluding hydrogens is 417 g/mol. The first-order valence-electron chi connectivity index (χ1n) is 9.08. The highest BCUT2D eigenvalue weighted by atomic mass is 127. The highest BCUT2D eigenvalue weighted by Crippen LogP contribution is 2.14. The monoisotopic (exact) mass is 453 g/mol. The van der Waals surface area contributed by atoms with Gasteiger partial charge in [-0.3, -0.25) is 4.99 Å². The number of halogens is 1. The molecule has 2 N–H and O–H groups in total. The number of guanidine groups is 1. The summed E-state index contributed by atoms with van der Waals surface area (Å²) in [6.45, 7) is 7.63. The summed E-state index contributed by atoms with van der Waals surface area (Å²) in [6.07, 6.45) is 4.99.